The molecule has 1 aromatic carbocycles. The van der Waals surface area contributed by atoms with Gasteiger partial charge in [-0.15, -0.1) is 0 Å². The molecule has 4 heteroatoms. The minimum atomic E-state index is -0.131. The van der Waals surface area contributed by atoms with Crippen LogP contribution in [-0.4, -0.2) is 19.2 Å². The topological polar surface area (TPSA) is 50.4 Å². The van der Waals surface area contributed by atoms with Crippen molar-refractivity contribution in [1.82, 2.24) is 10.6 Å². The molecule has 21 heavy (non-hydrogen) atoms. The Morgan fingerprint density at radius 1 is 1.19 bits per heavy atom. The molecular formula is C17H24N2O2. The molecule has 1 aliphatic rings. The van der Waals surface area contributed by atoms with Crippen molar-refractivity contribution >= 4 is 12.1 Å². The minimum Gasteiger partial charge on any atom is -0.496 e. The summed E-state index contributed by atoms with van der Waals surface area (Å²) in [5.41, 5.74) is 0.940. The van der Waals surface area contributed by atoms with Gasteiger partial charge in [-0.1, -0.05) is 43.9 Å². The van der Waals surface area contributed by atoms with Gasteiger partial charge in [-0.3, -0.25) is 0 Å². The molecular weight excluding hydrogens is 264 g/mol. The van der Waals surface area contributed by atoms with E-state index < -0.39 is 0 Å². The van der Waals surface area contributed by atoms with Crippen molar-refractivity contribution in [2.24, 2.45) is 0 Å². The van der Waals surface area contributed by atoms with E-state index in [1.807, 2.05) is 30.3 Å². The monoisotopic (exact) mass is 288 g/mol. The Kier molecular flexibility index (Phi) is 6.13. The third-order valence-corrected chi connectivity index (χ3v) is 3.81. The molecule has 0 aromatic heterocycles. The lowest BCUT2D eigenvalue weighted by atomic mass is 10.1. The van der Waals surface area contributed by atoms with Gasteiger partial charge in [-0.05, 0) is 25.0 Å². The number of rotatable bonds is 4. The second kappa shape index (κ2) is 8.35. The molecule has 1 saturated carbocycles. The van der Waals surface area contributed by atoms with Crippen LogP contribution in [0.1, 0.15) is 44.1 Å². The van der Waals surface area contributed by atoms with Crippen molar-refractivity contribution in [2.75, 3.05) is 7.11 Å². The van der Waals surface area contributed by atoms with Gasteiger partial charge in [0.25, 0.3) is 0 Å². The first-order chi connectivity index (χ1) is 10.3. The number of carbonyl (C=O) groups excluding carboxylic acids is 1. The summed E-state index contributed by atoms with van der Waals surface area (Å²) in [5, 5.41) is 5.81. The second-order valence-corrected chi connectivity index (χ2v) is 5.38. The summed E-state index contributed by atoms with van der Waals surface area (Å²) >= 11 is 0. The number of benzene rings is 1. The van der Waals surface area contributed by atoms with E-state index in [0.717, 1.165) is 24.2 Å². The van der Waals surface area contributed by atoms with Gasteiger partial charge in [0.2, 0.25) is 0 Å². The minimum absolute atomic E-state index is 0.131. The number of nitrogens with one attached hydrogen (secondary N) is 2. The molecule has 0 spiro atoms. The molecule has 0 bridgehead atoms. The van der Waals surface area contributed by atoms with Crippen molar-refractivity contribution in [1.29, 1.82) is 0 Å². The summed E-state index contributed by atoms with van der Waals surface area (Å²) in [7, 11) is 1.64. The van der Waals surface area contributed by atoms with E-state index in [-0.39, 0.29) is 6.03 Å². The zero-order valence-corrected chi connectivity index (χ0v) is 12.6. The van der Waals surface area contributed by atoms with Gasteiger partial charge in [-0.2, -0.15) is 0 Å². The van der Waals surface area contributed by atoms with Crippen molar-refractivity contribution in [3.63, 3.8) is 0 Å². The fourth-order valence-corrected chi connectivity index (χ4v) is 2.66. The Morgan fingerprint density at radius 2 is 1.90 bits per heavy atom. The number of para-hydroxylation sites is 1. The lowest BCUT2D eigenvalue weighted by Crippen LogP contribution is -2.39. The lowest BCUT2D eigenvalue weighted by Gasteiger charge is -2.15. The van der Waals surface area contributed by atoms with E-state index in [2.05, 4.69) is 10.6 Å². The first kappa shape index (κ1) is 15.4. The predicted octanol–water partition coefficient (Wildman–Crippen LogP) is 3.69. The highest BCUT2D eigenvalue weighted by atomic mass is 16.5. The van der Waals surface area contributed by atoms with E-state index in [0.29, 0.717) is 6.04 Å². The van der Waals surface area contributed by atoms with E-state index in [1.165, 1.54) is 25.7 Å². The summed E-state index contributed by atoms with van der Waals surface area (Å²) in [6.07, 6.45) is 10.7. The van der Waals surface area contributed by atoms with Crippen LogP contribution in [0.4, 0.5) is 4.79 Å². The quantitative estimate of drug-likeness (QED) is 0.830. The summed E-state index contributed by atoms with van der Waals surface area (Å²) in [4.78, 5) is 11.9. The number of hydrogen-bond donors (Lipinski definition) is 2. The van der Waals surface area contributed by atoms with Gasteiger partial charge in [-0.25, -0.2) is 4.79 Å². The number of methoxy groups -OCH3 is 1. The van der Waals surface area contributed by atoms with Crippen LogP contribution in [0.15, 0.2) is 30.5 Å². The van der Waals surface area contributed by atoms with Crippen molar-refractivity contribution in [2.45, 2.75) is 44.6 Å². The smallest absolute Gasteiger partial charge is 0.318 e. The van der Waals surface area contributed by atoms with Gasteiger partial charge in [0, 0.05) is 17.8 Å². The van der Waals surface area contributed by atoms with Gasteiger partial charge in [0.1, 0.15) is 5.75 Å². The number of ether oxygens (including phenoxy) is 1. The molecule has 2 rings (SSSR count). The maximum absolute atomic E-state index is 11.9. The van der Waals surface area contributed by atoms with Crippen molar-refractivity contribution < 1.29 is 9.53 Å². The number of urea groups is 1. The Labute approximate surface area is 126 Å². The molecule has 1 aliphatic carbocycles. The van der Waals surface area contributed by atoms with Crippen LogP contribution in [0, 0.1) is 0 Å². The first-order valence-electron chi connectivity index (χ1n) is 7.66. The summed E-state index contributed by atoms with van der Waals surface area (Å²) in [6, 6.07) is 7.88. The molecule has 4 nitrogen and oxygen atoms in total. The predicted molar refractivity (Wildman–Crippen MR) is 85.2 cm³/mol. The molecule has 0 heterocycles. The van der Waals surface area contributed by atoms with Gasteiger partial charge >= 0.3 is 6.03 Å². The normalized spacial score (nSPS) is 16.4. The molecule has 0 saturated heterocycles. The standard InChI is InChI=1S/C17H24N2O2/c1-21-16-11-7-6-8-14(16)12-13-18-17(20)19-15-9-4-2-3-5-10-15/h6-8,11-13,15H,2-5,9-10H2,1H3,(H2,18,19,20)/b13-12+. The van der Waals surface area contributed by atoms with Crippen LogP contribution in [-0.2, 0) is 0 Å². The average molecular weight is 288 g/mol. The van der Waals surface area contributed by atoms with Gasteiger partial charge in [0.05, 0.1) is 7.11 Å². The Hall–Kier alpha value is -1.97. The fraction of sp³-hybridized carbons (Fsp3) is 0.471. The number of amides is 2. The molecule has 0 aliphatic heterocycles. The van der Waals surface area contributed by atoms with Gasteiger partial charge in [0.15, 0.2) is 0 Å². The maximum Gasteiger partial charge on any atom is 0.318 e. The zero-order valence-electron chi connectivity index (χ0n) is 12.6. The van der Waals surface area contributed by atoms with E-state index in [9.17, 15) is 4.79 Å². The average Bonchev–Trinajstić information content (AvgIpc) is 2.76. The zero-order chi connectivity index (χ0) is 14.9. The Balaban J connectivity index is 1.81. The number of carbonyl (C=O) groups is 1. The van der Waals surface area contributed by atoms with E-state index in [4.69, 9.17) is 4.74 Å². The van der Waals surface area contributed by atoms with Crippen molar-refractivity contribution in [3.8, 4) is 5.75 Å². The van der Waals surface area contributed by atoms with Crippen LogP contribution < -0.4 is 15.4 Å². The molecule has 114 valence electrons. The van der Waals surface area contributed by atoms with Gasteiger partial charge < -0.3 is 15.4 Å². The Bertz CT molecular complexity index is 477. The third-order valence-electron chi connectivity index (χ3n) is 3.81. The lowest BCUT2D eigenvalue weighted by molar-refractivity contribution is 0.239. The van der Waals surface area contributed by atoms with Crippen LogP contribution in [0.25, 0.3) is 6.08 Å². The van der Waals surface area contributed by atoms with Crippen LogP contribution >= 0.6 is 0 Å². The highest BCUT2D eigenvalue weighted by Gasteiger charge is 2.13. The molecule has 2 amide bonds. The molecule has 0 unspecified atom stereocenters. The highest BCUT2D eigenvalue weighted by Crippen LogP contribution is 2.18. The third kappa shape index (κ3) is 5.14. The van der Waals surface area contributed by atoms with E-state index in [1.54, 1.807) is 13.3 Å². The molecule has 0 atom stereocenters. The molecule has 1 fully saturated rings. The maximum atomic E-state index is 11.9. The van der Waals surface area contributed by atoms with E-state index >= 15 is 0 Å². The largest absolute Gasteiger partial charge is 0.496 e. The SMILES string of the molecule is COc1ccccc1/C=C/NC(=O)NC1CCCCCC1. The van der Waals surface area contributed by atoms with Crippen LogP contribution in [0.5, 0.6) is 5.75 Å². The molecule has 1 aromatic rings. The fourth-order valence-electron chi connectivity index (χ4n) is 2.66. The molecule has 2 N–H and O–H groups in total. The van der Waals surface area contributed by atoms with Crippen LogP contribution in [0.2, 0.25) is 0 Å². The van der Waals surface area contributed by atoms with Crippen molar-refractivity contribution in [3.05, 3.63) is 36.0 Å². The summed E-state index contributed by atoms with van der Waals surface area (Å²) in [5.74, 6) is 0.791. The highest BCUT2D eigenvalue weighted by molar-refractivity contribution is 5.76. The van der Waals surface area contributed by atoms with Crippen LogP contribution in [0.3, 0.4) is 0 Å². The first-order valence-corrected chi connectivity index (χ1v) is 7.66. The number of hydrogen-bond acceptors (Lipinski definition) is 2. The second-order valence-electron chi connectivity index (χ2n) is 5.38. The summed E-state index contributed by atoms with van der Waals surface area (Å²) < 4.78 is 5.26. The summed E-state index contributed by atoms with van der Waals surface area (Å²) in [6.45, 7) is 0. The Morgan fingerprint density at radius 3 is 2.62 bits per heavy atom. The molecule has 0 radical (unpaired) electrons.